The number of aliphatic hydroxyl groups is 1. The van der Waals surface area contributed by atoms with Gasteiger partial charge in [0.25, 0.3) is 0 Å². The summed E-state index contributed by atoms with van der Waals surface area (Å²) >= 11 is 0. The van der Waals surface area contributed by atoms with Crippen LogP contribution in [0.25, 0.3) is 0 Å². The molecule has 1 amide bonds. The highest BCUT2D eigenvalue weighted by atomic mass is 16.5. The van der Waals surface area contributed by atoms with Gasteiger partial charge in [0, 0.05) is 26.2 Å². The van der Waals surface area contributed by atoms with Gasteiger partial charge in [-0.2, -0.15) is 0 Å². The van der Waals surface area contributed by atoms with E-state index in [-0.39, 0.29) is 5.91 Å². The summed E-state index contributed by atoms with van der Waals surface area (Å²) in [5.74, 6) is 0.185. The molecule has 3 heterocycles. The topological polar surface area (TPSA) is 56.2 Å². The zero-order chi connectivity index (χ0) is 16.1. The minimum Gasteiger partial charge on any atom is -0.387 e. The summed E-state index contributed by atoms with van der Waals surface area (Å²) in [5, 5.41) is 10.8. The Hall–Kier alpha value is -0.690. The van der Waals surface area contributed by atoms with Crippen molar-refractivity contribution in [3.05, 3.63) is 0 Å². The minimum absolute atomic E-state index is 0.185. The van der Waals surface area contributed by atoms with Crippen LogP contribution < -0.4 is 0 Å². The summed E-state index contributed by atoms with van der Waals surface area (Å²) in [6.07, 6.45) is 5.67. The third-order valence-corrected chi connectivity index (χ3v) is 5.36. The van der Waals surface area contributed by atoms with Gasteiger partial charge in [0.2, 0.25) is 5.91 Å². The monoisotopic (exact) mass is 325 g/mol. The van der Waals surface area contributed by atoms with Crippen LogP contribution in [0.4, 0.5) is 0 Å². The predicted molar refractivity (Wildman–Crippen MR) is 88.3 cm³/mol. The zero-order valence-electron chi connectivity index (χ0n) is 14.2. The second-order valence-corrected chi connectivity index (χ2v) is 7.37. The standard InChI is InChI=1S/C17H31N3O3/c21-16(13-18-6-3-1-2-4-7-18)20-8-5-17(22,15-20)14-19-9-11-23-12-10-19/h22H,1-15H2/t17-/m1/s1. The molecule has 6 nitrogen and oxygen atoms in total. The Labute approximate surface area is 139 Å². The van der Waals surface area contributed by atoms with Crippen LogP contribution in [0.5, 0.6) is 0 Å². The first-order chi connectivity index (χ1) is 11.1. The lowest BCUT2D eigenvalue weighted by atomic mass is 10.0. The van der Waals surface area contributed by atoms with Crippen LogP contribution in [0.1, 0.15) is 32.1 Å². The fourth-order valence-corrected chi connectivity index (χ4v) is 3.96. The molecule has 0 saturated carbocycles. The molecule has 3 saturated heterocycles. The lowest BCUT2D eigenvalue weighted by Crippen LogP contribution is -2.49. The van der Waals surface area contributed by atoms with Crippen molar-refractivity contribution < 1.29 is 14.6 Å². The summed E-state index contributed by atoms with van der Waals surface area (Å²) in [5.41, 5.74) is -0.744. The van der Waals surface area contributed by atoms with Gasteiger partial charge in [0.15, 0.2) is 0 Å². The van der Waals surface area contributed by atoms with Gasteiger partial charge in [-0.05, 0) is 32.4 Å². The molecule has 0 aromatic heterocycles. The molecular formula is C17H31N3O3. The maximum absolute atomic E-state index is 12.5. The normalized spacial score (nSPS) is 31.3. The van der Waals surface area contributed by atoms with Gasteiger partial charge in [-0.15, -0.1) is 0 Å². The van der Waals surface area contributed by atoms with E-state index in [0.717, 1.165) is 39.4 Å². The van der Waals surface area contributed by atoms with Crippen molar-refractivity contribution in [3.63, 3.8) is 0 Å². The lowest BCUT2D eigenvalue weighted by Gasteiger charge is -2.33. The number of β-amino-alcohol motifs (C(OH)–C–C–N with tert-alkyl or cyclic N) is 1. The summed E-state index contributed by atoms with van der Waals surface area (Å²) < 4.78 is 5.36. The van der Waals surface area contributed by atoms with Gasteiger partial charge in [-0.25, -0.2) is 0 Å². The molecule has 0 radical (unpaired) electrons. The van der Waals surface area contributed by atoms with E-state index in [2.05, 4.69) is 9.80 Å². The Morgan fingerprint density at radius 1 is 0.957 bits per heavy atom. The smallest absolute Gasteiger partial charge is 0.236 e. The van der Waals surface area contributed by atoms with E-state index in [1.165, 1.54) is 25.7 Å². The number of hydrogen-bond donors (Lipinski definition) is 1. The van der Waals surface area contributed by atoms with Gasteiger partial charge >= 0.3 is 0 Å². The summed E-state index contributed by atoms with van der Waals surface area (Å²) in [4.78, 5) is 19.0. The van der Waals surface area contributed by atoms with Crippen molar-refractivity contribution in [2.75, 3.05) is 65.6 Å². The maximum Gasteiger partial charge on any atom is 0.236 e. The SMILES string of the molecule is O=C(CN1CCCCCC1)N1CC[C@@](O)(CN2CCOCC2)C1. The number of nitrogens with zero attached hydrogens (tertiary/aromatic N) is 3. The van der Waals surface area contributed by atoms with Crippen LogP contribution in [0.15, 0.2) is 0 Å². The van der Waals surface area contributed by atoms with Crippen LogP contribution in [0, 0.1) is 0 Å². The van der Waals surface area contributed by atoms with E-state index >= 15 is 0 Å². The molecule has 0 bridgehead atoms. The molecule has 1 N–H and O–H groups in total. The van der Waals surface area contributed by atoms with Gasteiger partial charge in [-0.3, -0.25) is 14.6 Å². The third-order valence-electron chi connectivity index (χ3n) is 5.36. The summed E-state index contributed by atoms with van der Waals surface area (Å²) in [6.45, 7) is 7.67. The lowest BCUT2D eigenvalue weighted by molar-refractivity contribution is -0.132. The average molecular weight is 325 g/mol. The largest absolute Gasteiger partial charge is 0.387 e. The number of carbonyl (C=O) groups is 1. The Morgan fingerprint density at radius 2 is 1.65 bits per heavy atom. The molecule has 23 heavy (non-hydrogen) atoms. The average Bonchev–Trinajstić information content (AvgIpc) is 2.76. The van der Waals surface area contributed by atoms with E-state index in [1.54, 1.807) is 0 Å². The molecule has 0 unspecified atom stereocenters. The number of hydrogen-bond acceptors (Lipinski definition) is 5. The van der Waals surface area contributed by atoms with Crippen molar-refractivity contribution in [2.24, 2.45) is 0 Å². The van der Waals surface area contributed by atoms with Crippen LogP contribution in [0.2, 0.25) is 0 Å². The third kappa shape index (κ3) is 4.89. The Balaban J connectivity index is 1.46. The highest BCUT2D eigenvalue weighted by molar-refractivity contribution is 5.78. The van der Waals surface area contributed by atoms with Gasteiger partial charge in [-0.1, -0.05) is 12.8 Å². The van der Waals surface area contributed by atoms with Crippen molar-refractivity contribution >= 4 is 5.91 Å². The molecular weight excluding hydrogens is 294 g/mol. The first-order valence-corrected chi connectivity index (χ1v) is 9.17. The van der Waals surface area contributed by atoms with Crippen LogP contribution >= 0.6 is 0 Å². The minimum atomic E-state index is -0.744. The Bertz CT molecular complexity index is 393. The first kappa shape index (κ1) is 17.1. The molecule has 1 atom stereocenters. The number of rotatable bonds is 4. The quantitative estimate of drug-likeness (QED) is 0.798. The van der Waals surface area contributed by atoms with Crippen LogP contribution in [0.3, 0.4) is 0 Å². The Kier molecular flexibility index (Phi) is 5.91. The highest BCUT2D eigenvalue weighted by Gasteiger charge is 2.39. The van der Waals surface area contributed by atoms with E-state index < -0.39 is 5.60 Å². The van der Waals surface area contributed by atoms with Gasteiger partial charge in [0.05, 0.1) is 31.9 Å². The molecule has 0 spiro atoms. The zero-order valence-corrected chi connectivity index (χ0v) is 14.2. The molecule has 0 aliphatic carbocycles. The van der Waals surface area contributed by atoms with Crippen LogP contribution in [-0.2, 0) is 9.53 Å². The van der Waals surface area contributed by atoms with Crippen molar-refractivity contribution in [2.45, 2.75) is 37.7 Å². The number of amides is 1. The molecule has 0 aromatic rings. The number of likely N-dealkylation sites (tertiary alicyclic amines) is 2. The predicted octanol–water partition coefficient (Wildman–Crippen LogP) is 0.158. The van der Waals surface area contributed by atoms with E-state index in [9.17, 15) is 9.90 Å². The Morgan fingerprint density at radius 3 is 2.35 bits per heavy atom. The number of ether oxygens (including phenoxy) is 1. The first-order valence-electron chi connectivity index (χ1n) is 9.17. The maximum atomic E-state index is 12.5. The number of carbonyl (C=O) groups excluding carboxylic acids is 1. The van der Waals surface area contributed by atoms with E-state index in [0.29, 0.717) is 32.6 Å². The van der Waals surface area contributed by atoms with Crippen LogP contribution in [-0.4, -0.2) is 96.9 Å². The summed E-state index contributed by atoms with van der Waals surface area (Å²) in [7, 11) is 0. The fraction of sp³-hybridized carbons (Fsp3) is 0.941. The van der Waals surface area contributed by atoms with E-state index in [1.807, 2.05) is 4.90 Å². The molecule has 3 rings (SSSR count). The molecule has 3 aliphatic heterocycles. The van der Waals surface area contributed by atoms with Crippen molar-refractivity contribution in [1.82, 2.24) is 14.7 Å². The van der Waals surface area contributed by atoms with E-state index in [4.69, 9.17) is 4.74 Å². The van der Waals surface area contributed by atoms with Gasteiger partial charge < -0.3 is 14.7 Å². The molecule has 0 aromatic carbocycles. The molecule has 3 fully saturated rings. The molecule has 6 heteroatoms. The second kappa shape index (κ2) is 7.92. The highest BCUT2D eigenvalue weighted by Crippen LogP contribution is 2.23. The fourth-order valence-electron chi connectivity index (χ4n) is 3.96. The second-order valence-electron chi connectivity index (χ2n) is 7.37. The summed E-state index contributed by atoms with van der Waals surface area (Å²) in [6, 6.07) is 0. The molecule has 3 aliphatic rings. The number of morpholine rings is 1. The molecule has 132 valence electrons. The van der Waals surface area contributed by atoms with Crippen molar-refractivity contribution in [3.8, 4) is 0 Å². The van der Waals surface area contributed by atoms with Gasteiger partial charge in [0.1, 0.15) is 0 Å². The van der Waals surface area contributed by atoms with Crippen molar-refractivity contribution in [1.29, 1.82) is 0 Å².